The lowest BCUT2D eigenvalue weighted by Gasteiger charge is -2.31. The Balaban J connectivity index is 1.72. The van der Waals surface area contributed by atoms with Gasteiger partial charge in [0.05, 0.1) is 19.8 Å². The SMILES string of the molecule is Cc1nccc(N2CCOC[C@](O)(COc3ccccc3C)C2)n1. The number of para-hydroxylation sites is 1. The maximum absolute atomic E-state index is 11.0. The molecular formula is C18H23N3O3. The standard InChI is InChI=1S/C18H23N3O3/c1-14-5-3-4-6-16(14)24-13-18(22)11-21(9-10-23-12-18)17-7-8-19-15(2)20-17/h3-8,22H,9-13H2,1-2H3/t18-/m0/s1. The van der Waals surface area contributed by atoms with Crippen LogP contribution in [-0.4, -0.2) is 53.6 Å². The van der Waals surface area contributed by atoms with Gasteiger partial charge in [-0.2, -0.15) is 0 Å². The number of aryl methyl sites for hydroxylation is 2. The fourth-order valence-electron chi connectivity index (χ4n) is 2.75. The number of anilines is 1. The van der Waals surface area contributed by atoms with Crippen molar-refractivity contribution < 1.29 is 14.6 Å². The van der Waals surface area contributed by atoms with E-state index in [0.717, 1.165) is 17.1 Å². The Morgan fingerprint density at radius 3 is 2.92 bits per heavy atom. The number of ether oxygens (including phenoxy) is 2. The Bertz CT molecular complexity index is 695. The van der Waals surface area contributed by atoms with Crippen molar-refractivity contribution in [3.8, 4) is 5.75 Å². The van der Waals surface area contributed by atoms with E-state index in [0.29, 0.717) is 25.5 Å². The van der Waals surface area contributed by atoms with Crippen molar-refractivity contribution in [2.75, 3.05) is 37.8 Å². The lowest BCUT2D eigenvalue weighted by Crippen LogP contribution is -2.49. The monoisotopic (exact) mass is 329 g/mol. The molecule has 24 heavy (non-hydrogen) atoms. The van der Waals surface area contributed by atoms with Gasteiger partial charge in [-0.1, -0.05) is 18.2 Å². The molecule has 0 amide bonds. The van der Waals surface area contributed by atoms with Crippen LogP contribution in [-0.2, 0) is 4.74 Å². The summed E-state index contributed by atoms with van der Waals surface area (Å²) in [6.07, 6.45) is 1.73. The molecule has 3 rings (SSSR count). The summed E-state index contributed by atoms with van der Waals surface area (Å²) in [4.78, 5) is 10.6. The van der Waals surface area contributed by atoms with Crippen LogP contribution in [0.5, 0.6) is 5.75 Å². The summed E-state index contributed by atoms with van der Waals surface area (Å²) in [6.45, 7) is 5.84. The third-order valence-electron chi connectivity index (χ3n) is 4.04. The predicted octanol–water partition coefficient (Wildman–Crippen LogP) is 1.74. The molecular weight excluding hydrogens is 306 g/mol. The summed E-state index contributed by atoms with van der Waals surface area (Å²) in [7, 11) is 0. The maximum atomic E-state index is 11.0. The van der Waals surface area contributed by atoms with Gasteiger partial charge in [-0.3, -0.25) is 0 Å². The van der Waals surface area contributed by atoms with Crippen molar-refractivity contribution in [2.45, 2.75) is 19.4 Å². The highest BCUT2D eigenvalue weighted by Crippen LogP contribution is 2.22. The smallest absolute Gasteiger partial charge is 0.139 e. The predicted molar refractivity (Wildman–Crippen MR) is 91.4 cm³/mol. The van der Waals surface area contributed by atoms with Crippen molar-refractivity contribution in [1.82, 2.24) is 9.97 Å². The highest BCUT2D eigenvalue weighted by molar-refractivity contribution is 5.38. The first-order valence-electron chi connectivity index (χ1n) is 8.09. The van der Waals surface area contributed by atoms with Crippen LogP contribution in [0.2, 0.25) is 0 Å². The van der Waals surface area contributed by atoms with Gasteiger partial charge in [0.15, 0.2) is 0 Å². The molecule has 1 atom stereocenters. The first-order chi connectivity index (χ1) is 11.6. The second kappa shape index (κ2) is 7.15. The summed E-state index contributed by atoms with van der Waals surface area (Å²) < 4.78 is 11.4. The number of benzene rings is 1. The topological polar surface area (TPSA) is 67.7 Å². The zero-order chi connectivity index (χ0) is 17.0. The number of nitrogens with zero attached hydrogens (tertiary/aromatic N) is 3. The zero-order valence-corrected chi connectivity index (χ0v) is 14.1. The van der Waals surface area contributed by atoms with Crippen LogP contribution >= 0.6 is 0 Å². The van der Waals surface area contributed by atoms with Crippen molar-refractivity contribution in [3.05, 3.63) is 47.9 Å². The van der Waals surface area contributed by atoms with Gasteiger partial charge in [0.2, 0.25) is 0 Å². The van der Waals surface area contributed by atoms with Gasteiger partial charge < -0.3 is 19.5 Å². The van der Waals surface area contributed by atoms with E-state index in [-0.39, 0.29) is 13.2 Å². The van der Waals surface area contributed by atoms with E-state index in [1.54, 1.807) is 6.20 Å². The molecule has 1 aliphatic heterocycles. The highest BCUT2D eigenvalue weighted by Gasteiger charge is 2.34. The lowest BCUT2D eigenvalue weighted by molar-refractivity contribution is -0.0537. The molecule has 0 bridgehead atoms. The van der Waals surface area contributed by atoms with E-state index < -0.39 is 5.60 Å². The van der Waals surface area contributed by atoms with E-state index in [1.807, 2.05) is 49.1 Å². The molecule has 1 aromatic carbocycles. The van der Waals surface area contributed by atoms with Crippen molar-refractivity contribution in [1.29, 1.82) is 0 Å². The number of β-amino-alcohol motifs (C(OH)–C–C–N with tert-alkyl or cyclic N) is 1. The van der Waals surface area contributed by atoms with Gasteiger partial charge in [0, 0.05) is 12.7 Å². The molecule has 0 saturated carbocycles. The highest BCUT2D eigenvalue weighted by atomic mass is 16.5. The lowest BCUT2D eigenvalue weighted by atomic mass is 10.1. The zero-order valence-electron chi connectivity index (χ0n) is 14.1. The van der Waals surface area contributed by atoms with Crippen molar-refractivity contribution >= 4 is 5.82 Å². The van der Waals surface area contributed by atoms with Gasteiger partial charge >= 0.3 is 0 Å². The summed E-state index contributed by atoms with van der Waals surface area (Å²) >= 11 is 0. The summed E-state index contributed by atoms with van der Waals surface area (Å²) in [5.41, 5.74) is -0.0589. The summed E-state index contributed by atoms with van der Waals surface area (Å²) in [5, 5.41) is 11.0. The molecule has 1 N–H and O–H groups in total. The van der Waals surface area contributed by atoms with Crippen LogP contribution in [0.4, 0.5) is 5.82 Å². The second-order valence-corrected chi connectivity index (χ2v) is 6.21. The summed E-state index contributed by atoms with van der Waals surface area (Å²) in [6, 6.07) is 9.62. The van der Waals surface area contributed by atoms with E-state index in [9.17, 15) is 5.11 Å². The first kappa shape index (κ1) is 16.7. The number of rotatable bonds is 4. The van der Waals surface area contributed by atoms with Gasteiger partial charge in [-0.25, -0.2) is 9.97 Å². The largest absolute Gasteiger partial charge is 0.490 e. The molecule has 1 aromatic heterocycles. The molecule has 2 heterocycles. The normalized spacial score (nSPS) is 21.4. The third kappa shape index (κ3) is 4.01. The van der Waals surface area contributed by atoms with E-state index in [1.165, 1.54) is 0 Å². The third-order valence-corrected chi connectivity index (χ3v) is 4.04. The number of hydrogen-bond acceptors (Lipinski definition) is 6. The summed E-state index contributed by atoms with van der Waals surface area (Å²) in [5.74, 6) is 2.28. The van der Waals surface area contributed by atoms with E-state index in [2.05, 4.69) is 9.97 Å². The Labute approximate surface area is 142 Å². The Kier molecular flexibility index (Phi) is 4.97. The fraction of sp³-hybridized carbons (Fsp3) is 0.444. The van der Waals surface area contributed by atoms with E-state index >= 15 is 0 Å². The molecule has 0 unspecified atom stereocenters. The fourth-order valence-corrected chi connectivity index (χ4v) is 2.75. The molecule has 6 nitrogen and oxygen atoms in total. The molecule has 6 heteroatoms. The molecule has 1 fully saturated rings. The number of aliphatic hydroxyl groups is 1. The molecule has 0 spiro atoms. The second-order valence-electron chi connectivity index (χ2n) is 6.21. The van der Waals surface area contributed by atoms with Gasteiger partial charge in [-0.05, 0) is 31.5 Å². The van der Waals surface area contributed by atoms with Crippen molar-refractivity contribution in [3.63, 3.8) is 0 Å². The van der Waals surface area contributed by atoms with Crippen LogP contribution in [0.25, 0.3) is 0 Å². The van der Waals surface area contributed by atoms with E-state index in [4.69, 9.17) is 9.47 Å². The van der Waals surface area contributed by atoms with Crippen LogP contribution in [0.15, 0.2) is 36.5 Å². The Morgan fingerprint density at radius 2 is 2.12 bits per heavy atom. The molecule has 1 saturated heterocycles. The van der Waals surface area contributed by atoms with Crippen LogP contribution in [0, 0.1) is 13.8 Å². The van der Waals surface area contributed by atoms with Crippen LogP contribution in [0.3, 0.4) is 0 Å². The molecule has 0 radical (unpaired) electrons. The quantitative estimate of drug-likeness (QED) is 0.921. The minimum atomic E-state index is -1.10. The van der Waals surface area contributed by atoms with Gasteiger partial charge in [-0.15, -0.1) is 0 Å². The number of aromatic nitrogens is 2. The van der Waals surface area contributed by atoms with Crippen LogP contribution < -0.4 is 9.64 Å². The molecule has 128 valence electrons. The Morgan fingerprint density at radius 1 is 1.29 bits per heavy atom. The minimum Gasteiger partial charge on any atom is -0.490 e. The minimum absolute atomic E-state index is 0.165. The first-order valence-corrected chi connectivity index (χ1v) is 8.09. The number of hydrogen-bond donors (Lipinski definition) is 1. The van der Waals surface area contributed by atoms with Gasteiger partial charge in [0.25, 0.3) is 0 Å². The molecule has 2 aromatic rings. The molecule has 1 aliphatic rings. The maximum Gasteiger partial charge on any atom is 0.139 e. The van der Waals surface area contributed by atoms with Gasteiger partial charge in [0.1, 0.15) is 29.6 Å². The average molecular weight is 329 g/mol. The Hall–Kier alpha value is -2.18. The average Bonchev–Trinajstić information content (AvgIpc) is 2.77. The van der Waals surface area contributed by atoms with Crippen LogP contribution in [0.1, 0.15) is 11.4 Å². The van der Waals surface area contributed by atoms with Crippen molar-refractivity contribution in [2.24, 2.45) is 0 Å². The molecule has 0 aliphatic carbocycles.